The van der Waals surface area contributed by atoms with E-state index in [1.165, 1.54) is 18.2 Å². The van der Waals surface area contributed by atoms with Crippen molar-refractivity contribution in [1.82, 2.24) is 4.90 Å². The van der Waals surface area contributed by atoms with Crippen LogP contribution in [0.4, 0.5) is 10.1 Å². The van der Waals surface area contributed by atoms with Crippen molar-refractivity contribution in [2.24, 2.45) is 0 Å². The lowest BCUT2D eigenvalue weighted by Crippen LogP contribution is -2.63. The van der Waals surface area contributed by atoms with Crippen LogP contribution in [0.5, 0.6) is 0 Å². The Morgan fingerprint density at radius 3 is 2.78 bits per heavy atom. The molecule has 5 heteroatoms. The van der Waals surface area contributed by atoms with Gasteiger partial charge in [-0.2, -0.15) is 0 Å². The molecule has 4 nitrogen and oxygen atoms in total. The summed E-state index contributed by atoms with van der Waals surface area (Å²) in [6.07, 6.45) is 1.56. The molecule has 1 aliphatic rings. The van der Waals surface area contributed by atoms with Crippen LogP contribution in [0.3, 0.4) is 0 Å². The van der Waals surface area contributed by atoms with E-state index in [4.69, 9.17) is 5.73 Å². The molecule has 98 valence electrons. The Hall–Kier alpha value is -1.62. The van der Waals surface area contributed by atoms with E-state index < -0.39 is 11.4 Å². The number of hydrogen-bond donors (Lipinski definition) is 2. The quantitative estimate of drug-likeness (QED) is 0.799. The molecule has 1 aromatic carbocycles. The van der Waals surface area contributed by atoms with Crippen molar-refractivity contribution < 1.29 is 14.3 Å². The van der Waals surface area contributed by atoms with Crippen LogP contribution in [0, 0.1) is 5.82 Å². The molecule has 1 amide bonds. The van der Waals surface area contributed by atoms with E-state index in [0.717, 1.165) is 6.42 Å². The molecule has 1 saturated heterocycles. The van der Waals surface area contributed by atoms with Crippen LogP contribution in [0.15, 0.2) is 18.2 Å². The van der Waals surface area contributed by atoms with E-state index in [0.29, 0.717) is 25.1 Å². The monoisotopic (exact) mass is 252 g/mol. The first-order valence-electron chi connectivity index (χ1n) is 6.02. The zero-order valence-corrected chi connectivity index (χ0v) is 10.3. The Bertz CT molecular complexity index is 470. The molecule has 0 saturated carbocycles. The number of carbonyl (C=O) groups excluding carboxylic acids is 1. The highest BCUT2D eigenvalue weighted by Crippen LogP contribution is 2.27. The molecule has 0 atom stereocenters. The van der Waals surface area contributed by atoms with Crippen molar-refractivity contribution >= 4 is 11.6 Å². The minimum Gasteiger partial charge on any atom is -0.396 e. The number of rotatable bonds is 3. The van der Waals surface area contributed by atoms with E-state index >= 15 is 0 Å². The summed E-state index contributed by atoms with van der Waals surface area (Å²) in [5, 5.41) is 10.00. The first-order valence-corrected chi connectivity index (χ1v) is 6.02. The van der Waals surface area contributed by atoms with Gasteiger partial charge in [-0.3, -0.25) is 4.79 Å². The van der Waals surface area contributed by atoms with Crippen LogP contribution in [-0.2, 0) is 0 Å². The van der Waals surface area contributed by atoms with Crippen molar-refractivity contribution in [1.29, 1.82) is 0 Å². The summed E-state index contributed by atoms with van der Waals surface area (Å²) in [5.74, 6) is -0.750. The molecule has 2 rings (SSSR count). The van der Waals surface area contributed by atoms with Crippen molar-refractivity contribution in [3.8, 4) is 0 Å². The van der Waals surface area contributed by atoms with Gasteiger partial charge in [-0.15, -0.1) is 0 Å². The first kappa shape index (κ1) is 12.8. The standard InChI is InChI=1S/C13H17FN2O2/c1-2-5-13(18)7-16(8-13)12(17)9-3-4-10(14)11(15)6-9/h3-4,6,18H,2,5,7-8,15H2,1H3. The summed E-state index contributed by atoms with van der Waals surface area (Å²) < 4.78 is 13.0. The molecule has 1 heterocycles. The third-order valence-electron chi connectivity index (χ3n) is 3.22. The number of carbonyl (C=O) groups is 1. The topological polar surface area (TPSA) is 66.6 Å². The number of hydrogen-bond acceptors (Lipinski definition) is 3. The number of aliphatic hydroxyl groups is 1. The molecule has 18 heavy (non-hydrogen) atoms. The van der Waals surface area contributed by atoms with Gasteiger partial charge in [0.15, 0.2) is 0 Å². The summed E-state index contributed by atoms with van der Waals surface area (Å²) in [6, 6.07) is 3.92. The molecule has 0 bridgehead atoms. The maximum Gasteiger partial charge on any atom is 0.254 e. The fraction of sp³-hybridized carbons (Fsp3) is 0.462. The third kappa shape index (κ3) is 2.31. The Kier molecular flexibility index (Phi) is 3.26. The maximum absolute atomic E-state index is 13.0. The minimum absolute atomic E-state index is 0.0369. The van der Waals surface area contributed by atoms with E-state index in [1.54, 1.807) is 4.90 Å². The van der Waals surface area contributed by atoms with Gasteiger partial charge in [-0.05, 0) is 24.6 Å². The van der Waals surface area contributed by atoms with Gasteiger partial charge in [0.25, 0.3) is 5.91 Å². The van der Waals surface area contributed by atoms with Gasteiger partial charge < -0.3 is 15.7 Å². The number of likely N-dealkylation sites (tertiary alicyclic amines) is 1. The number of nitrogens with two attached hydrogens (primary N) is 1. The van der Waals surface area contributed by atoms with Crippen molar-refractivity contribution in [3.63, 3.8) is 0 Å². The van der Waals surface area contributed by atoms with Crippen molar-refractivity contribution in [3.05, 3.63) is 29.6 Å². The van der Waals surface area contributed by atoms with E-state index in [1.807, 2.05) is 6.92 Å². The largest absolute Gasteiger partial charge is 0.396 e. The lowest BCUT2D eigenvalue weighted by Gasteiger charge is -2.46. The highest BCUT2D eigenvalue weighted by molar-refractivity contribution is 5.95. The second-order valence-electron chi connectivity index (χ2n) is 4.87. The van der Waals surface area contributed by atoms with Gasteiger partial charge in [0.1, 0.15) is 5.82 Å². The van der Waals surface area contributed by atoms with Crippen LogP contribution >= 0.6 is 0 Å². The predicted octanol–water partition coefficient (Wildman–Crippen LogP) is 1.39. The van der Waals surface area contributed by atoms with Crippen LogP contribution in [-0.4, -0.2) is 34.6 Å². The van der Waals surface area contributed by atoms with Crippen LogP contribution < -0.4 is 5.73 Å². The molecule has 3 N–H and O–H groups in total. The number of nitrogens with zero attached hydrogens (tertiary/aromatic N) is 1. The van der Waals surface area contributed by atoms with Gasteiger partial charge in [0.05, 0.1) is 24.4 Å². The van der Waals surface area contributed by atoms with Gasteiger partial charge in [0, 0.05) is 5.56 Å². The van der Waals surface area contributed by atoms with Gasteiger partial charge >= 0.3 is 0 Å². The summed E-state index contributed by atoms with van der Waals surface area (Å²) in [6.45, 7) is 2.65. The third-order valence-corrected chi connectivity index (χ3v) is 3.22. The fourth-order valence-electron chi connectivity index (χ4n) is 2.29. The number of benzene rings is 1. The molecule has 0 radical (unpaired) electrons. The molecule has 0 unspecified atom stereocenters. The van der Waals surface area contributed by atoms with Gasteiger partial charge in [-0.25, -0.2) is 4.39 Å². The molecule has 1 fully saturated rings. The SMILES string of the molecule is CCCC1(O)CN(C(=O)c2ccc(F)c(N)c2)C1. The zero-order valence-electron chi connectivity index (χ0n) is 10.3. The van der Waals surface area contributed by atoms with Crippen LogP contribution in [0.25, 0.3) is 0 Å². The number of anilines is 1. The van der Waals surface area contributed by atoms with Gasteiger partial charge in [-0.1, -0.05) is 13.3 Å². The molecular weight excluding hydrogens is 235 g/mol. The van der Waals surface area contributed by atoms with Crippen LogP contribution in [0.1, 0.15) is 30.1 Å². The van der Waals surface area contributed by atoms with Crippen molar-refractivity contribution in [2.45, 2.75) is 25.4 Å². The molecule has 1 aromatic rings. The number of β-amino-alcohol motifs (C(OH)–C–C–N with tert-alkyl or cyclic N) is 1. The first-order chi connectivity index (χ1) is 8.45. The average Bonchev–Trinajstić information content (AvgIpc) is 2.29. The Morgan fingerprint density at radius 2 is 2.22 bits per heavy atom. The van der Waals surface area contributed by atoms with E-state index in [-0.39, 0.29) is 11.6 Å². The number of amides is 1. The maximum atomic E-state index is 13.0. The Balaban J connectivity index is 2.03. The smallest absolute Gasteiger partial charge is 0.254 e. The van der Waals surface area contributed by atoms with E-state index in [9.17, 15) is 14.3 Å². The highest BCUT2D eigenvalue weighted by Gasteiger charge is 2.42. The summed E-state index contributed by atoms with van der Waals surface area (Å²) in [4.78, 5) is 13.6. The number of halogens is 1. The summed E-state index contributed by atoms with van der Waals surface area (Å²) >= 11 is 0. The lowest BCUT2D eigenvalue weighted by molar-refractivity contribution is -0.0860. The van der Waals surface area contributed by atoms with Crippen molar-refractivity contribution in [2.75, 3.05) is 18.8 Å². The Labute approximate surface area is 105 Å². The van der Waals surface area contributed by atoms with Crippen LogP contribution in [0.2, 0.25) is 0 Å². The Morgan fingerprint density at radius 1 is 1.56 bits per heavy atom. The lowest BCUT2D eigenvalue weighted by atomic mass is 9.89. The normalized spacial score (nSPS) is 17.4. The molecule has 0 spiro atoms. The molecule has 1 aliphatic heterocycles. The molecular formula is C13H17FN2O2. The predicted molar refractivity (Wildman–Crippen MR) is 66.6 cm³/mol. The molecule has 0 aliphatic carbocycles. The van der Waals surface area contributed by atoms with Gasteiger partial charge in [0.2, 0.25) is 0 Å². The van der Waals surface area contributed by atoms with E-state index in [2.05, 4.69) is 0 Å². The average molecular weight is 252 g/mol. The highest BCUT2D eigenvalue weighted by atomic mass is 19.1. The summed E-state index contributed by atoms with van der Waals surface area (Å²) in [5.41, 5.74) is 4.99. The zero-order chi connectivity index (χ0) is 13.3. The fourth-order valence-corrected chi connectivity index (χ4v) is 2.29. The second kappa shape index (κ2) is 4.57. The number of nitrogen functional groups attached to an aromatic ring is 1. The minimum atomic E-state index is -0.754. The summed E-state index contributed by atoms with van der Waals surface area (Å²) in [7, 11) is 0. The second-order valence-corrected chi connectivity index (χ2v) is 4.87. The molecule has 0 aromatic heterocycles.